The zero-order valence-corrected chi connectivity index (χ0v) is 38.9. The molecule has 0 unspecified atom stereocenters. The summed E-state index contributed by atoms with van der Waals surface area (Å²) in [4.78, 5) is 10.4. The summed E-state index contributed by atoms with van der Waals surface area (Å²) in [5.41, 5.74) is 23.6. The number of ether oxygens (including phenoxy) is 1. The Bertz CT molecular complexity index is 2690. The second kappa shape index (κ2) is 17.2. The summed E-state index contributed by atoms with van der Waals surface area (Å²) in [5, 5.41) is 12.8. The molecule has 0 aliphatic carbocycles. The molecular weight excluding hydrogens is 753 g/mol. The predicted octanol–water partition coefficient (Wildman–Crippen LogP) is 12.3. The van der Waals surface area contributed by atoms with E-state index in [4.69, 9.17) is 24.9 Å². The zero-order chi connectivity index (χ0) is 43.3. The van der Waals surface area contributed by atoms with Crippen LogP contribution in [-0.4, -0.2) is 51.5 Å². The number of aryl methyl sites for hydroxylation is 14. The van der Waals surface area contributed by atoms with Crippen molar-refractivity contribution in [2.24, 2.45) is 0 Å². The highest BCUT2D eigenvalue weighted by molar-refractivity contribution is 5.91. The van der Waals surface area contributed by atoms with E-state index >= 15 is 0 Å². The molecule has 8 rings (SSSR count). The fourth-order valence-electron chi connectivity index (χ4n) is 10.4. The van der Waals surface area contributed by atoms with Gasteiger partial charge in [-0.2, -0.15) is 19.2 Å². The number of benzene rings is 2. The van der Waals surface area contributed by atoms with Crippen LogP contribution in [0.2, 0.25) is 0 Å². The number of unbranched alkanes of at least 4 members (excludes halogenated alkanes) is 2. The highest BCUT2D eigenvalue weighted by Crippen LogP contribution is 2.38. The summed E-state index contributed by atoms with van der Waals surface area (Å²) in [5.74, 6) is 0. The number of nitrogens with zero attached hydrogens (tertiary/aromatic N) is 8. The number of hydrogen-bond donors (Lipinski definition) is 0. The van der Waals surface area contributed by atoms with Gasteiger partial charge in [-0.3, -0.25) is 0 Å². The molecule has 0 aliphatic heterocycles. The van der Waals surface area contributed by atoms with Crippen LogP contribution in [0, 0.1) is 69.2 Å². The first-order valence-corrected chi connectivity index (χ1v) is 22.8. The van der Waals surface area contributed by atoms with Gasteiger partial charge < -0.3 is 13.9 Å². The highest BCUT2D eigenvalue weighted by Gasteiger charge is 2.24. The van der Waals surface area contributed by atoms with Crippen molar-refractivity contribution in [2.75, 3.05) is 13.2 Å². The van der Waals surface area contributed by atoms with E-state index in [1.807, 2.05) is 0 Å². The molecule has 0 atom stereocenters. The number of aromatic nitrogens is 8. The van der Waals surface area contributed by atoms with Gasteiger partial charge in [-0.25, -0.2) is 9.97 Å². The monoisotopic (exact) mass is 819 g/mol. The summed E-state index contributed by atoms with van der Waals surface area (Å²) in [6.07, 6.45) is 8.35. The highest BCUT2D eigenvalue weighted by atomic mass is 16.5. The van der Waals surface area contributed by atoms with Gasteiger partial charge >= 0.3 is 0 Å². The molecule has 0 saturated carbocycles. The van der Waals surface area contributed by atoms with Crippen LogP contribution < -0.4 is 0 Å². The van der Waals surface area contributed by atoms with Gasteiger partial charge in [-0.1, -0.05) is 62.1 Å². The van der Waals surface area contributed by atoms with Crippen molar-refractivity contribution in [2.45, 2.75) is 148 Å². The van der Waals surface area contributed by atoms with Crippen molar-refractivity contribution < 1.29 is 4.74 Å². The second-order valence-electron chi connectivity index (χ2n) is 17.9. The molecule has 0 amide bonds. The maximum atomic E-state index is 6.31. The van der Waals surface area contributed by atoms with Crippen molar-refractivity contribution in [1.29, 1.82) is 0 Å². The summed E-state index contributed by atoms with van der Waals surface area (Å²) < 4.78 is 15.6. The molecular formula is C52H66N8O. The van der Waals surface area contributed by atoms with E-state index in [0.29, 0.717) is 0 Å². The van der Waals surface area contributed by atoms with E-state index in [9.17, 15) is 0 Å². The van der Waals surface area contributed by atoms with E-state index in [1.54, 1.807) is 0 Å². The molecule has 0 N–H and O–H groups in total. The fraction of sp³-hybridized carbons (Fsp3) is 0.462. The molecule has 0 bridgehead atoms. The molecule has 9 heteroatoms. The lowest BCUT2D eigenvalue weighted by Gasteiger charge is -2.13. The molecule has 0 fully saturated rings. The van der Waals surface area contributed by atoms with Crippen LogP contribution in [0.25, 0.3) is 55.6 Å². The lowest BCUT2D eigenvalue weighted by atomic mass is 9.94. The molecule has 61 heavy (non-hydrogen) atoms. The van der Waals surface area contributed by atoms with E-state index in [1.165, 1.54) is 66.7 Å². The average molecular weight is 819 g/mol. The Labute approximate surface area is 362 Å². The van der Waals surface area contributed by atoms with Crippen LogP contribution in [0.3, 0.4) is 0 Å². The quantitative estimate of drug-likeness (QED) is 0.0907. The van der Waals surface area contributed by atoms with Gasteiger partial charge in [0, 0.05) is 48.5 Å². The van der Waals surface area contributed by atoms with E-state index in [-0.39, 0.29) is 0 Å². The largest absolute Gasteiger partial charge is 0.381 e. The van der Waals surface area contributed by atoms with Crippen LogP contribution in [-0.2, 0) is 30.7 Å². The third-order valence-electron chi connectivity index (χ3n) is 12.8. The molecule has 6 heterocycles. The minimum atomic E-state index is 0.765. The Morgan fingerprint density at radius 3 is 1.20 bits per heavy atom. The van der Waals surface area contributed by atoms with Crippen molar-refractivity contribution in [3.63, 3.8) is 0 Å². The topological polar surface area (TPSA) is 79.5 Å². The van der Waals surface area contributed by atoms with Gasteiger partial charge in [0.05, 0.1) is 33.9 Å². The van der Waals surface area contributed by atoms with Crippen molar-refractivity contribution in [3.05, 3.63) is 104 Å². The molecule has 6 aromatic heterocycles. The van der Waals surface area contributed by atoms with Gasteiger partial charge in [0.15, 0.2) is 11.3 Å². The predicted molar refractivity (Wildman–Crippen MR) is 252 cm³/mol. The van der Waals surface area contributed by atoms with Gasteiger partial charge in [-0.05, 0) is 153 Å². The van der Waals surface area contributed by atoms with E-state index < -0.39 is 0 Å². The van der Waals surface area contributed by atoms with Crippen LogP contribution >= 0.6 is 0 Å². The summed E-state index contributed by atoms with van der Waals surface area (Å²) in [7, 11) is 0. The number of rotatable bonds is 16. The average Bonchev–Trinajstić information content (AvgIpc) is 3.92. The van der Waals surface area contributed by atoms with Crippen molar-refractivity contribution in [1.82, 2.24) is 38.3 Å². The standard InChI is InChI=1S/C52H66N8O/c1-13-19-41-29-43-37(9)53-49-47(45-33(5)25-31(3)26-34(45)6)39(11)55-59(49)51(43)57(41)21-15-17-23-61-24-18-16-22-58-42(20-14-2)30-44-38(10)54-50-48(40(12)56-60(50)52(44)58)46-35(7)27-32(4)28-36(46)8/h25-30H,13-24H2,1-12H3. The Hall–Kier alpha value is -5.28. The zero-order valence-electron chi connectivity index (χ0n) is 38.9. The summed E-state index contributed by atoms with van der Waals surface area (Å²) in [6.45, 7) is 29.7. The smallest absolute Gasteiger partial charge is 0.165 e. The Morgan fingerprint density at radius 2 is 0.836 bits per heavy atom. The lowest BCUT2D eigenvalue weighted by molar-refractivity contribution is 0.125. The Kier molecular flexibility index (Phi) is 12.0. The normalized spacial score (nSPS) is 12.1. The molecule has 0 saturated heterocycles. The van der Waals surface area contributed by atoms with Crippen LogP contribution in [0.4, 0.5) is 0 Å². The molecule has 320 valence electrons. The molecule has 9 nitrogen and oxygen atoms in total. The first-order valence-electron chi connectivity index (χ1n) is 22.8. The molecule has 0 radical (unpaired) electrons. The third kappa shape index (κ3) is 7.68. The first kappa shape index (κ1) is 42.4. The molecule has 0 spiro atoms. The lowest BCUT2D eigenvalue weighted by Crippen LogP contribution is -2.09. The number of fused-ring (bicyclic) bond motifs is 6. The maximum absolute atomic E-state index is 6.31. The molecule has 2 aromatic carbocycles. The van der Waals surface area contributed by atoms with Crippen molar-refractivity contribution >= 4 is 33.4 Å². The summed E-state index contributed by atoms with van der Waals surface area (Å²) >= 11 is 0. The molecule has 0 aliphatic rings. The summed E-state index contributed by atoms with van der Waals surface area (Å²) in [6, 6.07) is 13.8. The third-order valence-corrected chi connectivity index (χ3v) is 12.8. The minimum absolute atomic E-state index is 0.765. The van der Waals surface area contributed by atoms with E-state index in [0.717, 1.165) is 134 Å². The maximum Gasteiger partial charge on any atom is 0.165 e. The van der Waals surface area contributed by atoms with Crippen LogP contribution in [0.1, 0.15) is 120 Å². The van der Waals surface area contributed by atoms with Gasteiger partial charge in [0.2, 0.25) is 0 Å². The SMILES string of the molecule is CCCc1cc2c(C)nc3c(-c4c(C)cc(C)cc4C)c(C)nn3c2n1CCCCOCCCCn1c(CCC)cc2c(C)nc3c(-c4c(C)cc(C)cc4C)c(C)nn3c21. The van der Waals surface area contributed by atoms with Crippen LogP contribution in [0.15, 0.2) is 36.4 Å². The van der Waals surface area contributed by atoms with Gasteiger partial charge in [0.1, 0.15) is 11.3 Å². The molecule has 8 aromatic rings. The van der Waals surface area contributed by atoms with Gasteiger partial charge in [-0.15, -0.1) is 0 Å². The fourth-order valence-corrected chi connectivity index (χ4v) is 10.4. The first-order chi connectivity index (χ1) is 29.3. The van der Waals surface area contributed by atoms with Crippen molar-refractivity contribution in [3.8, 4) is 22.3 Å². The van der Waals surface area contributed by atoms with E-state index in [2.05, 4.69) is 138 Å². The van der Waals surface area contributed by atoms with Crippen LogP contribution in [0.5, 0.6) is 0 Å². The minimum Gasteiger partial charge on any atom is -0.381 e. The second-order valence-corrected chi connectivity index (χ2v) is 17.9. The Balaban J connectivity index is 0.953. The Morgan fingerprint density at radius 1 is 0.459 bits per heavy atom. The van der Waals surface area contributed by atoms with Gasteiger partial charge in [0.25, 0.3) is 0 Å². The number of hydrogen-bond acceptors (Lipinski definition) is 5.